The fourth-order valence-corrected chi connectivity index (χ4v) is 1.71. The van der Waals surface area contributed by atoms with E-state index in [1.165, 1.54) is 0 Å². The molecule has 2 atom stereocenters. The van der Waals surface area contributed by atoms with Crippen LogP contribution in [0.1, 0.15) is 25.7 Å². The number of carbonyl (C=O) groups is 2. The van der Waals surface area contributed by atoms with Crippen LogP contribution in [0.3, 0.4) is 0 Å². The molecular formula is C8H13NO4. The second-order valence-electron chi connectivity index (χ2n) is 3.59. The minimum atomic E-state index is -1.33. The van der Waals surface area contributed by atoms with E-state index in [0.29, 0.717) is 19.3 Å². The van der Waals surface area contributed by atoms with Gasteiger partial charge in [-0.1, -0.05) is 6.42 Å². The Hall–Kier alpha value is -1.10. The first-order valence-corrected chi connectivity index (χ1v) is 4.21. The number of carboxylic acids is 2. The molecular weight excluding hydrogens is 174 g/mol. The van der Waals surface area contributed by atoms with Crippen LogP contribution in [0.4, 0.5) is 0 Å². The van der Waals surface area contributed by atoms with Crippen molar-refractivity contribution >= 4 is 11.9 Å². The Kier molecular flexibility index (Phi) is 2.56. The summed E-state index contributed by atoms with van der Waals surface area (Å²) in [6.07, 6.45) is 1.51. The van der Waals surface area contributed by atoms with Gasteiger partial charge in [-0.3, -0.25) is 9.59 Å². The smallest absolute Gasteiger partial charge is 0.323 e. The van der Waals surface area contributed by atoms with Crippen molar-refractivity contribution in [2.24, 2.45) is 11.7 Å². The fourth-order valence-electron chi connectivity index (χ4n) is 1.71. The van der Waals surface area contributed by atoms with Crippen molar-refractivity contribution in [1.29, 1.82) is 0 Å². The van der Waals surface area contributed by atoms with Crippen molar-refractivity contribution in [1.82, 2.24) is 0 Å². The third kappa shape index (κ3) is 1.98. The molecule has 0 radical (unpaired) electrons. The Balaban J connectivity index is 2.71. The molecule has 1 aliphatic carbocycles. The second-order valence-corrected chi connectivity index (χ2v) is 3.59. The highest BCUT2D eigenvalue weighted by Crippen LogP contribution is 2.30. The van der Waals surface area contributed by atoms with Gasteiger partial charge >= 0.3 is 11.9 Å². The van der Waals surface area contributed by atoms with Gasteiger partial charge in [-0.05, 0) is 19.3 Å². The molecule has 0 amide bonds. The lowest BCUT2D eigenvalue weighted by Crippen LogP contribution is -2.52. The normalized spacial score (nSPS) is 34.1. The molecule has 0 heterocycles. The number of carboxylic acid groups (broad SMARTS) is 2. The first kappa shape index (κ1) is 9.98. The number of hydrogen-bond donors (Lipinski definition) is 3. The van der Waals surface area contributed by atoms with E-state index in [0.717, 1.165) is 0 Å². The third-order valence-corrected chi connectivity index (χ3v) is 2.56. The van der Waals surface area contributed by atoms with Crippen molar-refractivity contribution < 1.29 is 19.8 Å². The Labute approximate surface area is 75.5 Å². The van der Waals surface area contributed by atoms with E-state index in [4.69, 9.17) is 15.9 Å². The van der Waals surface area contributed by atoms with Gasteiger partial charge in [0.15, 0.2) is 0 Å². The van der Waals surface area contributed by atoms with Crippen LogP contribution in [0.15, 0.2) is 0 Å². The minimum Gasteiger partial charge on any atom is -0.481 e. The van der Waals surface area contributed by atoms with Crippen molar-refractivity contribution in [2.75, 3.05) is 0 Å². The Morgan fingerprint density at radius 1 is 1.38 bits per heavy atom. The van der Waals surface area contributed by atoms with Crippen LogP contribution in [0.25, 0.3) is 0 Å². The first-order chi connectivity index (χ1) is 5.96. The van der Waals surface area contributed by atoms with Crippen LogP contribution in [0.5, 0.6) is 0 Å². The average Bonchev–Trinajstić information content (AvgIpc) is 2.04. The summed E-state index contributed by atoms with van der Waals surface area (Å²) in [5.74, 6) is -2.65. The number of hydrogen-bond acceptors (Lipinski definition) is 3. The Morgan fingerprint density at radius 2 is 2.00 bits per heavy atom. The molecule has 5 nitrogen and oxygen atoms in total. The predicted molar refractivity (Wildman–Crippen MR) is 44.1 cm³/mol. The molecule has 4 N–H and O–H groups in total. The largest absolute Gasteiger partial charge is 0.481 e. The van der Waals surface area contributed by atoms with Gasteiger partial charge in [0, 0.05) is 0 Å². The number of aliphatic carboxylic acids is 2. The average molecular weight is 187 g/mol. The summed E-state index contributed by atoms with van der Waals surface area (Å²) < 4.78 is 0. The monoisotopic (exact) mass is 187 g/mol. The summed E-state index contributed by atoms with van der Waals surface area (Å²) in [6, 6.07) is 0. The lowest BCUT2D eigenvalue weighted by Gasteiger charge is -2.32. The van der Waals surface area contributed by atoms with Gasteiger partial charge in [0.1, 0.15) is 5.54 Å². The standard InChI is InChI=1S/C8H13NO4/c9-8(7(12)13)3-1-2-5(4-8)6(10)11/h5H,1-4,9H2,(H,10,11)(H,12,13)/t5-,8-/m1/s1. The minimum absolute atomic E-state index is 0.0394. The van der Waals surface area contributed by atoms with Gasteiger partial charge < -0.3 is 15.9 Å². The second kappa shape index (κ2) is 3.33. The maximum atomic E-state index is 10.7. The highest BCUT2D eigenvalue weighted by atomic mass is 16.4. The molecule has 0 saturated heterocycles. The third-order valence-electron chi connectivity index (χ3n) is 2.56. The lowest BCUT2D eigenvalue weighted by atomic mass is 9.76. The highest BCUT2D eigenvalue weighted by Gasteiger charge is 2.41. The summed E-state index contributed by atoms with van der Waals surface area (Å²) in [5.41, 5.74) is 4.24. The van der Waals surface area contributed by atoms with E-state index in [9.17, 15) is 9.59 Å². The van der Waals surface area contributed by atoms with Crippen molar-refractivity contribution in [3.63, 3.8) is 0 Å². The van der Waals surface area contributed by atoms with Gasteiger partial charge in [-0.2, -0.15) is 0 Å². The van der Waals surface area contributed by atoms with E-state index in [1.54, 1.807) is 0 Å². The number of nitrogens with two attached hydrogens (primary N) is 1. The van der Waals surface area contributed by atoms with Crippen molar-refractivity contribution in [3.05, 3.63) is 0 Å². The number of rotatable bonds is 2. The molecule has 13 heavy (non-hydrogen) atoms. The first-order valence-electron chi connectivity index (χ1n) is 4.21. The van der Waals surface area contributed by atoms with E-state index in [2.05, 4.69) is 0 Å². The zero-order chi connectivity index (χ0) is 10.1. The molecule has 0 aromatic rings. The summed E-state index contributed by atoms with van der Waals surface area (Å²) in [4.78, 5) is 21.3. The maximum absolute atomic E-state index is 10.7. The molecule has 1 rings (SSSR count). The maximum Gasteiger partial charge on any atom is 0.323 e. The molecule has 0 bridgehead atoms. The van der Waals surface area contributed by atoms with E-state index < -0.39 is 23.4 Å². The van der Waals surface area contributed by atoms with Crippen LogP contribution in [0.2, 0.25) is 0 Å². The van der Waals surface area contributed by atoms with Gasteiger partial charge in [-0.15, -0.1) is 0 Å². The summed E-state index contributed by atoms with van der Waals surface area (Å²) in [6.45, 7) is 0. The molecule has 74 valence electrons. The van der Waals surface area contributed by atoms with E-state index >= 15 is 0 Å². The van der Waals surface area contributed by atoms with Gasteiger partial charge in [0.2, 0.25) is 0 Å². The lowest BCUT2D eigenvalue weighted by molar-refractivity contribution is -0.149. The fraction of sp³-hybridized carbons (Fsp3) is 0.750. The summed E-state index contributed by atoms with van der Waals surface area (Å²) >= 11 is 0. The van der Waals surface area contributed by atoms with Crippen LogP contribution < -0.4 is 5.73 Å². The van der Waals surface area contributed by atoms with E-state index in [1.807, 2.05) is 0 Å². The highest BCUT2D eigenvalue weighted by molar-refractivity contribution is 5.80. The van der Waals surface area contributed by atoms with Crippen LogP contribution in [0, 0.1) is 5.92 Å². The quantitative estimate of drug-likeness (QED) is 0.566. The molecule has 1 fully saturated rings. The predicted octanol–water partition coefficient (Wildman–Crippen LogP) is 0.0433. The topological polar surface area (TPSA) is 101 Å². The van der Waals surface area contributed by atoms with E-state index in [-0.39, 0.29) is 6.42 Å². The molecule has 0 aromatic heterocycles. The molecule has 0 aliphatic heterocycles. The zero-order valence-electron chi connectivity index (χ0n) is 7.19. The van der Waals surface area contributed by atoms with Gasteiger partial charge in [-0.25, -0.2) is 0 Å². The van der Waals surface area contributed by atoms with Crippen LogP contribution in [-0.4, -0.2) is 27.7 Å². The Bertz CT molecular complexity index is 240. The van der Waals surface area contributed by atoms with Crippen molar-refractivity contribution in [3.8, 4) is 0 Å². The molecule has 0 aromatic carbocycles. The summed E-state index contributed by atoms with van der Waals surface area (Å²) in [5, 5.41) is 17.5. The van der Waals surface area contributed by atoms with Crippen LogP contribution >= 0.6 is 0 Å². The molecule has 0 spiro atoms. The molecule has 5 heteroatoms. The molecule has 1 saturated carbocycles. The van der Waals surface area contributed by atoms with Gasteiger partial charge in [0.05, 0.1) is 5.92 Å². The van der Waals surface area contributed by atoms with Crippen LogP contribution in [-0.2, 0) is 9.59 Å². The SMILES string of the molecule is N[C@]1(C(=O)O)CCC[C@@H](C(=O)O)C1. The zero-order valence-corrected chi connectivity index (χ0v) is 7.19. The Morgan fingerprint density at radius 3 is 2.46 bits per heavy atom. The summed E-state index contributed by atoms with van der Waals surface area (Å²) in [7, 11) is 0. The molecule has 0 unspecified atom stereocenters. The van der Waals surface area contributed by atoms with Gasteiger partial charge in [0.25, 0.3) is 0 Å². The molecule has 1 aliphatic rings. The van der Waals surface area contributed by atoms with Crippen molar-refractivity contribution in [2.45, 2.75) is 31.2 Å².